The second-order valence-corrected chi connectivity index (χ2v) is 4.34. The number of ether oxygens (including phenoxy) is 1. The number of nitrogens with zero attached hydrogens (tertiary/aromatic N) is 3. The number of morpholine rings is 1. The molecule has 1 aliphatic heterocycles. The van der Waals surface area contributed by atoms with Crippen molar-refractivity contribution in [1.82, 2.24) is 19.9 Å². The summed E-state index contributed by atoms with van der Waals surface area (Å²) < 4.78 is 38.2. The molecular weight excluding hydrogens is 270 g/mol. The van der Waals surface area contributed by atoms with Crippen molar-refractivity contribution < 1.29 is 14.8 Å². The average Bonchev–Trinajstić information content (AvgIpc) is 2.79. The Morgan fingerprint density at radius 3 is 3.16 bits per heavy atom. The summed E-state index contributed by atoms with van der Waals surface area (Å²) in [4.78, 5) is 22.3. The summed E-state index contributed by atoms with van der Waals surface area (Å²) in [5.41, 5.74) is 0.157. The molecule has 0 spiro atoms. The van der Waals surface area contributed by atoms with Crippen LogP contribution in [0.15, 0.2) is 11.1 Å². The molecule has 3 rings (SSSR count). The van der Waals surface area contributed by atoms with E-state index in [9.17, 15) is 4.79 Å². The Morgan fingerprint density at radius 1 is 1.58 bits per heavy atom. The Labute approximate surface area is 119 Å². The maximum absolute atomic E-state index is 12.0. The van der Waals surface area contributed by atoms with Gasteiger partial charge >= 0.3 is 5.56 Å². The number of hydrogen-bond donors (Lipinski definition) is 2. The van der Waals surface area contributed by atoms with Gasteiger partial charge in [-0.05, 0) is 11.6 Å². The molecule has 0 radical (unpaired) electrons. The van der Waals surface area contributed by atoms with Crippen molar-refractivity contribution in [2.45, 2.75) is 6.54 Å². The molecule has 102 valence electrons. The number of fused-ring (bicyclic) bond motifs is 1. The molecule has 3 heterocycles. The lowest BCUT2D eigenvalue weighted by atomic mass is 10.4. The molecule has 0 aliphatic carbocycles. The minimum Gasteiger partial charge on any atom is -0.379 e. The van der Waals surface area contributed by atoms with Crippen molar-refractivity contribution in [2.24, 2.45) is 0 Å². The maximum atomic E-state index is 12.0. The predicted octanol–water partition coefficient (Wildman–Crippen LogP) is -0.476. The zero-order chi connectivity index (χ0) is 16.8. The first-order valence-electron chi connectivity index (χ1n) is 7.72. The van der Waals surface area contributed by atoms with E-state index >= 15 is 0 Å². The third kappa shape index (κ3) is 2.63. The SMILES string of the molecule is [2H]C1([2H])COCC([2H])([2H])N1CC[n+]1c[nH]c2nc(Cl)[nH]c(=O)c21. The second-order valence-electron chi connectivity index (χ2n) is 3.98. The van der Waals surface area contributed by atoms with Gasteiger partial charge in [0.1, 0.15) is 6.54 Å². The van der Waals surface area contributed by atoms with Gasteiger partial charge in [0.15, 0.2) is 0 Å². The van der Waals surface area contributed by atoms with E-state index in [1.807, 2.05) is 0 Å². The highest BCUT2D eigenvalue weighted by Crippen LogP contribution is 2.02. The van der Waals surface area contributed by atoms with Crippen LogP contribution < -0.4 is 10.1 Å². The largest absolute Gasteiger partial charge is 0.379 e. The van der Waals surface area contributed by atoms with Crippen molar-refractivity contribution in [1.29, 1.82) is 0 Å². The number of aromatic amines is 2. The van der Waals surface area contributed by atoms with Crippen LogP contribution in [0.2, 0.25) is 5.28 Å². The third-order valence-corrected chi connectivity index (χ3v) is 2.97. The Morgan fingerprint density at radius 2 is 2.37 bits per heavy atom. The molecule has 0 aromatic carbocycles. The summed E-state index contributed by atoms with van der Waals surface area (Å²) in [6.45, 7) is -4.01. The highest BCUT2D eigenvalue weighted by Gasteiger charge is 2.18. The van der Waals surface area contributed by atoms with Gasteiger partial charge in [-0.15, -0.1) is 0 Å². The van der Waals surface area contributed by atoms with E-state index in [0.717, 1.165) is 4.90 Å². The summed E-state index contributed by atoms with van der Waals surface area (Å²) >= 11 is 5.69. The van der Waals surface area contributed by atoms with Crippen LogP contribution in [0.4, 0.5) is 0 Å². The normalized spacial score (nSPS) is 25.5. The van der Waals surface area contributed by atoms with Crippen LogP contribution in [0.3, 0.4) is 0 Å². The Bertz CT molecular complexity index is 776. The van der Waals surface area contributed by atoms with Gasteiger partial charge in [-0.25, -0.2) is 9.55 Å². The van der Waals surface area contributed by atoms with Crippen molar-refractivity contribution in [3.8, 4) is 0 Å². The Balaban J connectivity index is 1.87. The van der Waals surface area contributed by atoms with Gasteiger partial charge in [0.25, 0.3) is 11.2 Å². The minimum absolute atomic E-state index is 0.0302. The molecule has 0 amide bonds. The fourth-order valence-corrected chi connectivity index (χ4v) is 2.08. The van der Waals surface area contributed by atoms with Crippen LogP contribution in [0.5, 0.6) is 0 Å². The molecule has 0 saturated carbocycles. The summed E-state index contributed by atoms with van der Waals surface area (Å²) in [5.74, 6) is 0. The smallest absolute Gasteiger partial charge is 0.303 e. The van der Waals surface area contributed by atoms with Crippen molar-refractivity contribution in [3.05, 3.63) is 22.0 Å². The summed E-state index contributed by atoms with van der Waals surface area (Å²) in [7, 11) is 0. The summed E-state index contributed by atoms with van der Waals surface area (Å²) in [6, 6.07) is 0. The number of imidazole rings is 1. The van der Waals surface area contributed by atoms with Crippen LogP contribution in [-0.2, 0) is 11.3 Å². The quantitative estimate of drug-likeness (QED) is 0.591. The predicted molar refractivity (Wildman–Crippen MR) is 69.2 cm³/mol. The number of aromatic nitrogens is 4. The lowest BCUT2D eigenvalue weighted by Gasteiger charge is -2.25. The molecule has 0 unspecified atom stereocenters. The Hall–Kier alpha value is -1.44. The van der Waals surface area contributed by atoms with Gasteiger partial charge in [0.2, 0.25) is 11.6 Å². The molecule has 2 N–H and O–H groups in total. The van der Waals surface area contributed by atoms with Crippen LogP contribution in [-0.4, -0.2) is 52.6 Å². The van der Waals surface area contributed by atoms with E-state index in [-0.39, 0.29) is 37.1 Å². The van der Waals surface area contributed by atoms with Crippen LogP contribution >= 0.6 is 11.6 Å². The fraction of sp³-hybridized carbons (Fsp3) is 0.545. The molecule has 1 fully saturated rings. The third-order valence-electron chi connectivity index (χ3n) is 2.79. The number of hydrogen-bond acceptors (Lipinski definition) is 4. The van der Waals surface area contributed by atoms with Gasteiger partial charge in [-0.1, -0.05) is 0 Å². The van der Waals surface area contributed by atoms with Crippen molar-refractivity contribution in [3.63, 3.8) is 0 Å². The first-order valence-corrected chi connectivity index (χ1v) is 6.10. The monoisotopic (exact) mass is 288 g/mol. The number of halogens is 1. The number of H-pyrrole nitrogens is 2. The first-order chi connectivity index (χ1) is 10.7. The van der Waals surface area contributed by atoms with Gasteiger partial charge in [0.05, 0.1) is 13.2 Å². The molecule has 1 saturated heterocycles. The molecular formula is C11H15ClN5O2+. The van der Waals surface area contributed by atoms with Crippen LogP contribution in [0, 0.1) is 0 Å². The van der Waals surface area contributed by atoms with Crippen molar-refractivity contribution in [2.75, 3.05) is 32.8 Å². The molecule has 2 aromatic heterocycles. The highest BCUT2D eigenvalue weighted by molar-refractivity contribution is 6.28. The van der Waals surface area contributed by atoms with E-state index in [1.54, 1.807) is 4.57 Å². The van der Waals surface area contributed by atoms with Crippen molar-refractivity contribution >= 4 is 22.8 Å². The zero-order valence-electron chi connectivity index (χ0n) is 13.9. The standard InChI is InChI=1S/C11H14ClN5O2/c12-11-14-9-8(10(18)15-11)17(7-13-9)2-1-16-3-5-19-6-4-16/h7H,1-6H2,(H,14,15,18)/p+1/i3D2,4D2. The van der Waals surface area contributed by atoms with Gasteiger partial charge in [0, 0.05) is 25.0 Å². The fourth-order valence-electron chi connectivity index (χ4n) is 1.91. The first kappa shape index (κ1) is 8.68. The average molecular weight is 289 g/mol. The lowest BCUT2D eigenvalue weighted by molar-refractivity contribution is -0.671. The van der Waals surface area contributed by atoms with Crippen LogP contribution in [0.25, 0.3) is 11.2 Å². The summed E-state index contributed by atoms with van der Waals surface area (Å²) in [6.07, 6.45) is 1.52. The molecule has 0 atom stereocenters. The molecule has 0 bridgehead atoms. The lowest BCUT2D eigenvalue weighted by Crippen LogP contribution is -2.45. The molecule has 2 aromatic rings. The second kappa shape index (κ2) is 5.28. The topological polar surface area (TPSA) is 77.9 Å². The van der Waals surface area contributed by atoms with E-state index < -0.39 is 18.6 Å². The Kier molecular flexibility index (Phi) is 2.41. The molecule has 8 heteroatoms. The molecule has 19 heavy (non-hydrogen) atoms. The minimum atomic E-state index is -1.93. The van der Waals surface area contributed by atoms with Gasteiger partial charge in [-0.2, -0.15) is 4.98 Å². The number of nitrogens with one attached hydrogen (secondary N) is 2. The maximum Gasteiger partial charge on any atom is 0.303 e. The zero-order valence-corrected chi connectivity index (χ0v) is 10.7. The highest BCUT2D eigenvalue weighted by atomic mass is 35.5. The van der Waals surface area contributed by atoms with E-state index in [0.29, 0.717) is 5.65 Å². The van der Waals surface area contributed by atoms with Gasteiger partial charge < -0.3 is 4.74 Å². The number of rotatable bonds is 3. The van der Waals surface area contributed by atoms with E-state index in [4.69, 9.17) is 21.8 Å². The molecule has 7 nitrogen and oxygen atoms in total. The molecule has 1 aliphatic rings. The van der Waals surface area contributed by atoms with Gasteiger partial charge in [-0.3, -0.25) is 14.7 Å². The summed E-state index contributed by atoms with van der Waals surface area (Å²) in [5, 5.41) is -0.0302. The van der Waals surface area contributed by atoms with E-state index in [2.05, 4.69) is 15.0 Å². The van der Waals surface area contributed by atoms with Crippen LogP contribution in [0.1, 0.15) is 5.48 Å². The van der Waals surface area contributed by atoms with E-state index in [1.165, 1.54) is 6.33 Å².